The average Bonchev–Trinajstić information content (AvgIpc) is 2.93. The molecule has 0 fully saturated rings. The monoisotopic (exact) mass is 297 g/mol. The van der Waals surface area contributed by atoms with Crippen molar-refractivity contribution in [1.29, 1.82) is 0 Å². The second-order valence-electron chi connectivity index (χ2n) is 3.98. The lowest BCUT2D eigenvalue weighted by Crippen LogP contribution is -2.37. The van der Waals surface area contributed by atoms with Gasteiger partial charge < -0.3 is 20.5 Å². The Hall–Kier alpha value is -1.70. The van der Waals surface area contributed by atoms with Crippen LogP contribution in [0.1, 0.15) is 15.9 Å². The van der Waals surface area contributed by atoms with Gasteiger partial charge in [-0.15, -0.1) is 17.9 Å². The van der Waals surface area contributed by atoms with Crippen LogP contribution in [0.3, 0.4) is 0 Å². The summed E-state index contributed by atoms with van der Waals surface area (Å²) in [6.07, 6.45) is 4.25. The summed E-state index contributed by atoms with van der Waals surface area (Å²) < 4.78 is 4.98. The highest BCUT2D eigenvalue weighted by molar-refractivity contribution is 7.11. The lowest BCUT2D eigenvalue weighted by Gasteiger charge is -2.23. The highest BCUT2D eigenvalue weighted by atomic mass is 32.1. The Morgan fingerprint density at radius 2 is 2.35 bits per heavy atom. The zero-order valence-corrected chi connectivity index (χ0v) is 12.0. The van der Waals surface area contributed by atoms with Crippen LogP contribution < -0.4 is 5.73 Å². The summed E-state index contributed by atoms with van der Waals surface area (Å²) in [5, 5.41) is 9.58. The predicted octanol–water partition coefficient (Wildman–Crippen LogP) is 1.45. The van der Waals surface area contributed by atoms with Gasteiger partial charge in [0.1, 0.15) is 11.6 Å². The zero-order valence-electron chi connectivity index (χ0n) is 11.2. The molecule has 3 N–H and O–H groups in total. The van der Waals surface area contributed by atoms with Gasteiger partial charge in [0.25, 0.3) is 0 Å². The zero-order chi connectivity index (χ0) is 15.0. The number of aliphatic hydroxyl groups is 1. The summed E-state index contributed by atoms with van der Waals surface area (Å²) in [5.74, 6) is 0. The van der Waals surface area contributed by atoms with Crippen LogP contribution in [0.2, 0.25) is 0 Å². The summed E-state index contributed by atoms with van der Waals surface area (Å²) in [7, 11) is 0. The number of thiazole rings is 1. The van der Waals surface area contributed by atoms with E-state index in [9.17, 15) is 4.79 Å². The number of rotatable bonds is 8. The van der Waals surface area contributed by atoms with Gasteiger partial charge in [0.2, 0.25) is 0 Å². The van der Waals surface area contributed by atoms with E-state index in [0.29, 0.717) is 11.6 Å². The van der Waals surface area contributed by atoms with Gasteiger partial charge in [-0.1, -0.05) is 18.7 Å². The minimum absolute atomic E-state index is 0.116. The minimum atomic E-state index is -0.466. The maximum absolute atomic E-state index is 11.8. The number of amides is 1. The van der Waals surface area contributed by atoms with E-state index in [4.69, 9.17) is 15.6 Å². The molecule has 0 bridgehead atoms. The number of aliphatic hydroxyl groups excluding tert-OH is 1. The van der Waals surface area contributed by atoms with Crippen molar-refractivity contribution in [2.75, 3.05) is 19.7 Å². The van der Waals surface area contributed by atoms with E-state index >= 15 is 0 Å². The molecule has 1 unspecified atom stereocenters. The molecule has 1 rings (SSSR count). The van der Waals surface area contributed by atoms with Crippen molar-refractivity contribution in [2.45, 2.75) is 12.6 Å². The van der Waals surface area contributed by atoms with Crippen molar-refractivity contribution in [1.82, 2.24) is 9.88 Å². The van der Waals surface area contributed by atoms with Gasteiger partial charge in [0.05, 0.1) is 12.6 Å². The molecule has 0 aromatic carbocycles. The molecule has 20 heavy (non-hydrogen) atoms. The third-order valence-electron chi connectivity index (χ3n) is 2.42. The van der Waals surface area contributed by atoms with Crippen LogP contribution in [-0.4, -0.2) is 40.8 Å². The van der Waals surface area contributed by atoms with E-state index in [2.05, 4.69) is 18.1 Å². The Kier molecular flexibility index (Phi) is 6.92. The maximum atomic E-state index is 11.8. The summed E-state index contributed by atoms with van der Waals surface area (Å²) in [5.41, 5.74) is 6.05. The van der Waals surface area contributed by atoms with Crippen molar-refractivity contribution >= 4 is 17.4 Å². The van der Waals surface area contributed by atoms with Crippen LogP contribution >= 0.6 is 11.3 Å². The number of hydrogen-bond acceptors (Lipinski definition) is 6. The van der Waals surface area contributed by atoms with Crippen molar-refractivity contribution in [3.05, 3.63) is 41.4 Å². The van der Waals surface area contributed by atoms with Crippen molar-refractivity contribution in [2.24, 2.45) is 5.73 Å². The van der Waals surface area contributed by atoms with E-state index in [1.165, 1.54) is 22.3 Å². The predicted molar refractivity (Wildman–Crippen MR) is 78.3 cm³/mol. The normalized spacial score (nSPS) is 11.7. The largest absolute Gasteiger partial charge is 0.445 e. The van der Waals surface area contributed by atoms with E-state index < -0.39 is 6.09 Å². The van der Waals surface area contributed by atoms with E-state index in [1.807, 2.05) is 0 Å². The second kappa shape index (κ2) is 8.47. The van der Waals surface area contributed by atoms with Crippen molar-refractivity contribution < 1.29 is 14.6 Å². The van der Waals surface area contributed by atoms with Crippen LogP contribution in [0.4, 0.5) is 4.79 Å². The van der Waals surface area contributed by atoms with E-state index in [-0.39, 0.29) is 25.8 Å². The Balaban J connectivity index is 2.66. The Morgan fingerprint density at radius 3 is 2.90 bits per heavy atom. The number of aromatic nitrogens is 1. The number of carbonyl (C=O) groups excluding carboxylic acids is 1. The first-order chi connectivity index (χ1) is 9.62. The Morgan fingerprint density at radius 1 is 1.60 bits per heavy atom. The number of carbonyl (C=O) groups is 1. The fraction of sp³-hybridized carbons (Fsp3) is 0.385. The van der Waals surface area contributed by atoms with Gasteiger partial charge in [-0.3, -0.25) is 0 Å². The molecule has 1 amide bonds. The van der Waals surface area contributed by atoms with Crippen LogP contribution in [-0.2, 0) is 11.3 Å². The molecule has 0 radical (unpaired) electrons. The van der Waals surface area contributed by atoms with Gasteiger partial charge in [-0.25, -0.2) is 9.78 Å². The molecular formula is C13H19N3O3S. The molecule has 0 aliphatic carbocycles. The smallest absolute Gasteiger partial charge is 0.410 e. The molecule has 1 heterocycles. The molecule has 1 atom stereocenters. The molecule has 0 spiro atoms. The number of hydrogen-bond donors (Lipinski definition) is 2. The van der Waals surface area contributed by atoms with Gasteiger partial charge in [0, 0.05) is 24.2 Å². The standard InChI is InChI=1S/C13H19N3O3S/c1-3-5-16(13(18)19-6-4-2)8-10(14)11-7-15-12(9-17)20-11/h3-4,7,10,17H,1-2,5-6,8-9,14H2. The highest BCUT2D eigenvalue weighted by Crippen LogP contribution is 2.20. The van der Waals surface area contributed by atoms with Crippen LogP contribution in [0, 0.1) is 0 Å². The van der Waals surface area contributed by atoms with Crippen LogP contribution in [0.15, 0.2) is 31.5 Å². The molecule has 0 aliphatic heterocycles. The first kappa shape index (κ1) is 16.4. The van der Waals surface area contributed by atoms with E-state index in [1.54, 1.807) is 12.3 Å². The average molecular weight is 297 g/mol. The van der Waals surface area contributed by atoms with Crippen LogP contribution in [0.5, 0.6) is 0 Å². The molecule has 0 aliphatic rings. The SMILES string of the molecule is C=CCOC(=O)N(CC=C)CC(N)c1cnc(CO)s1. The Labute approximate surface area is 122 Å². The van der Waals surface area contributed by atoms with Crippen molar-refractivity contribution in [3.63, 3.8) is 0 Å². The molecule has 1 aromatic heterocycles. The first-order valence-corrected chi connectivity index (χ1v) is 6.88. The van der Waals surface area contributed by atoms with Gasteiger partial charge in [-0.05, 0) is 0 Å². The maximum Gasteiger partial charge on any atom is 0.410 e. The third-order valence-corrected chi connectivity index (χ3v) is 3.54. The molecule has 0 saturated carbocycles. The number of ether oxygens (including phenoxy) is 1. The highest BCUT2D eigenvalue weighted by Gasteiger charge is 2.19. The molecule has 0 saturated heterocycles. The summed E-state index contributed by atoms with van der Waals surface area (Å²) in [4.78, 5) is 18.1. The fourth-order valence-electron chi connectivity index (χ4n) is 1.50. The van der Waals surface area contributed by atoms with Crippen molar-refractivity contribution in [3.8, 4) is 0 Å². The van der Waals surface area contributed by atoms with Gasteiger partial charge >= 0.3 is 6.09 Å². The third kappa shape index (κ3) is 4.76. The lowest BCUT2D eigenvalue weighted by atomic mass is 10.2. The number of nitrogens with two attached hydrogens (primary N) is 1. The summed E-state index contributed by atoms with van der Waals surface area (Å²) in [6.45, 7) is 7.76. The van der Waals surface area contributed by atoms with Gasteiger partial charge in [-0.2, -0.15) is 0 Å². The van der Waals surface area contributed by atoms with Crippen LogP contribution in [0.25, 0.3) is 0 Å². The Bertz CT molecular complexity index is 461. The molecular weight excluding hydrogens is 278 g/mol. The molecule has 1 aromatic rings. The quantitative estimate of drug-likeness (QED) is 0.709. The minimum Gasteiger partial charge on any atom is -0.445 e. The molecule has 110 valence electrons. The number of nitrogens with zero attached hydrogens (tertiary/aromatic N) is 2. The van der Waals surface area contributed by atoms with Gasteiger partial charge in [0.15, 0.2) is 0 Å². The summed E-state index contributed by atoms with van der Waals surface area (Å²) >= 11 is 1.32. The topological polar surface area (TPSA) is 88.7 Å². The van der Waals surface area contributed by atoms with E-state index in [0.717, 1.165) is 4.88 Å². The molecule has 6 nitrogen and oxygen atoms in total. The molecule has 7 heteroatoms. The summed E-state index contributed by atoms with van der Waals surface area (Å²) in [6, 6.07) is -0.385. The fourth-order valence-corrected chi connectivity index (χ4v) is 2.27. The second-order valence-corrected chi connectivity index (χ2v) is 5.13. The first-order valence-electron chi connectivity index (χ1n) is 6.06. The lowest BCUT2D eigenvalue weighted by molar-refractivity contribution is 0.114.